The Hall–Kier alpha value is -12.4. The number of nitrogens with two attached hydrogens (primary N) is 6. The summed E-state index contributed by atoms with van der Waals surface area (Å²) in [4.78, 5) is 76.0. The maximum absolute atomic E-state index is 14.9. The topological polar surface area (TPSA) is 421 Å². The van der Waals surface area contributed by atoms with E-state index in [0.29, 0.717) is 53.2 Å². The van der Waals surface area contributed by atoms with Crippen LogP contribution in [0, 0.1) is 41.4 Å². The van der Waals surface area contributed by atoms with Crippen LogP contribution in [-0.4, -0.2) is 109 Å². The van der Waals surface area contributed by atoms with E-state index in [4.69, 9.17) is 51.3 Å². The molecule has 0 saturated heterocycles. The standard InChI is InChI=1S/C29H25FN6O2.C29H29FN6O2.C12H8N4O3.C4H13N3.CH4/c1-32-21-8-5-9-22(15-21)36-26(16-25(35-36)28(31)37)29(38)34-24-14-20(12-13-23(24)30)27(33-17-18-10-11-18)19-6-3-2-4-7-19;30-23-12-11-21(27(33-17-18-9-10-18)20-6-2-1-3-7-20)14-24(23)34-29(38)26-15-25(28(32)37)35-36(26)22-8-4-5-19(13-22)16-31;13-6-7-2-1-3-8(4-7)16-10(12(18)19)5-9(15-16)11(14)17;5-1-3-7-4-2-6;/h2-9,12-16,18,27,33H,10-11,17H2,(H2,31,37)(H,34,38);1-8,11-15,18,27,33H,9-10,16-17,31H2,(H2,32,37)(H,34,38);1-5H,(H2,14,17)(H,18,19);7H,1-6H2;1H4. The first-order chi connectivity index (χ1) is 49.3. The van der Waals surface area contributed by atoms with Crippen molar-refractivity contribution in [3.63, 3.8) is 0 Å². The Bertz CT molecular complexity index is 4710. The fraction of sp³-hybridized carbons (Fsp3) is 0.213. The van der Waals surface area contributed by atoms with Gasteiger partial charge in [-0.2, -0.15) is 20.6 Å². The van der Waals surface area contributed by atoms with Gasteiger partial charge in [0, 0.05) is 50.9 Å². The molecule has 103 heavy (non-hydrogen) atoms. The summed E-state index contributed by atoms with van der Waals surface area (Å²) in [7, 11) is 0. The average molecular weight is 1400 g/mol. The monoisotopic (exact) mass is 1400 g/mol. The Morgan fingerprint density at radius 2 is 0.951 bits per heavy atom. The highest BCUT2D eigenvalue weighted by molar-refractivity contribution is 6.06. The van der Waals surface area contributed by atoms with E-state index in [0.717, 1.165) is 64.7 Å². The first-order valence-corrected chi connectivity index (χ1v) is 32.4. The number of anilines is 2. The molecule has 2 fully saturated rings. The van der Waals surface area contributed by atoms with Crippen LogP contribution in [0.3, 0.4) is 0 Å². The molecule has 2 unspecified atom stereocenters. The highest BCUT2D eigenvalue weighted by Crippen LogP contribution is 2.34. The van der Waals surface area contributed by atoms with Crippen molar-refractivity contribution < 1.29 is 42.7 Å². The molecule has 10 aromatic rings. The van der Waals surface area contributed by atoms with Crippen LogP contribution in [0.15, 0.2) is 188 Å². The van der Waals surface area contributed by atoms with Crippen LogP contribution < -0.4 is 61.0 Å². The van der Waals surface area contributed by atoms with Crippen LogP contribution in [0.4, 0.5) is 25.8 Å². The molecule has 5 amide bonds. The summed E-state index contributed by atoms with van der Waals surface area (Å²) >= 11 is 0. The number of primary amides is 3. The van der Waals surface area contributed by atoms with Gasteiger partial charge in [-0.25, -0.2) is 32.5 Å². The number of aromatic nitrogens is 6. The lowest BCUT2D eigenvalue weighted by Crippen LogP contribution is -2.27. The fourth-order valence-corrected chi connectivity index (χ4v) is 10.5. The van der Waals surface area contributed by atoms with E-state index in [9.17, 15) is 37.5 Å². The Labute approximate surface area is 592 Å². The molecule has 2 aliphatic rings. The Morgan fingerprint density at radius 1 is 0.534 bits per heavy atom. The molecule has 2 atom stereocenters. The molecule has 2 saturated carbocycles. The van der Waals surface area contributed by atoms with Gasteiger partial charge < -0.3 is 66.1 Å². The van der Waals surface area contributed by atoms with Gasteiger partial charge in [0.25, 0.3) is 29.5 Å². The maximum atomic E-state index is 14.9. The van der Waals surface area contributed by atoms with E-state index in [1.54, 1.807) is 78.9 Å². The molecular formula is C75H79F2N19O7. The number of benzene rings is 7. The number of carbonyl (C=O) groups excluding carboxylic acids is 5. The van der Waals surface area contributed by atoms with Crippen LogP contribution in [0.5, 0.6) is 0 Å². The van der Waals surface area contributed by atoms with E-state index < -0.39 is 47.1 Å². The Kier molecular flexibility index (Phi) is 27.1. The third-order valence-corrected chi connectivity index (χ3v) is 16.1. The third-order valence-electron chi connectivity index (χ3n) is 16.1. The zero-order valence-electron chi connectivity index (χ0n) is 55.2. The molecule has 3 aromatic heterocycles. The van der Waals surface area contributed by atoms with Crippen molar-refractivity contribution in [2.24, 2.45) is 46.2 Å². The second kappa shape index (κ2) is 36.6. The number of hydrogen-bond donors (Lipinski definition) is 12. The molecule has 0 bridgehead atoms. The van der Waals surface area contributed by atoms with Crippen molar-refractivity contribution in [3.05, 3.63) is 279 Å². The van der Waals surface area contributed by atoms with Gasteiger partial charge in [-0.05, 0) is 145 Å². The van der Waals surface area contributed by atoms with Crippen LogP contribution in [0.1, 0.15) is 142 Å². The van der Waals surface area contributed by atoms with Gasteiger partial charge in [-0.1, -0.05) is 111 Å². The summed E-state index contributed by atoms with van der Waals surface area (Å²) in [5.41, 5.74) is 37.9. The van der Waals surface area contributed by atoms with Gasteiger partial charge in [0.1, 0.15) is 23.0 Å². The SMILES string of the molecule is C.N#Cc1cccc(-n2nc(C(N)=O)cc2C(=O)O)c1.NCCNCCN.NCc1cccc(-n2nc(C(N)=O)cc2C(=O)Nc2cc(C(NCC3CC3)c3ccccc3)ccc2F)c1.[C-]#[N+]c1cccc(-n2nc(C(N)=O)cc2C(=O)Nc2cc(C(NCC3CC3)c3ccccc3)ccc2F)c1. The number of carbonyl (C=O) groups is 6. The number of carboxylic acids is 1. The summed E-state index contributed by atoms with van der Waals surface area (Å²) in [6.07, 6.45) is 4.79. The Morgan fingerprint density at radius 3 is 1.36 bits per heavy atom. The molecule has 12 rings (SSSR count). The number of aromatic carboxylic acids is 1. The number of nitrogens with zero attached hydrogens (tertiary/aromatic N) is 8. The van der Waals surface area contributed by atoms with Gasteiger partial charge in [0.15, 0.2) is 28.5 Å². The van der Waals surface area contributed by atoms with Crippen molar-refractivity contribution in [3.8, 4) is 23.1 Å². The number of hydrogen-bond acceptors (Lipinski definition) is 16. The lowest BCUT2D eigenvalue weighted by atomic mass is 9.97. The zero-order chi connectivity index (χ0) is 72.8. The van der Waals surface area contributed by atoms with Gasteiger partial charge in [-0.3, -0.25) is 24.0 Å². The highest BCUT2D eigenvalue weighted by Gasteiger charge is 2.28. The minimum absolute atomic E-state index is 0. The van der Waals surface area contributed by atoms with Crippen molar-refractivity contribution >= 4 is 52.6 Å². The van der Waals surface area contributed by atoms with Crippen molar-refractivity contribution in [2.45, 2.75) is 51.7 Å². The lowest BCUT2D eigenvalue weighted by Gasteiger charge is -2.21. The number of nitrogens with one attached hydrogen (secondary N) is 5. The quantitative estimate of drug-likeness (QED) is 0.0178. The molecule has 530 valence electrons. The minimum Gasteiger partial charge on any atom is -0.477 e. The number of carboxylic acid groups (broad SMARTS) is 1. The Balaban J connectivity index is 0.000000195. The molecule has 0 spiro atoms. The van der Waals surface area contributed by atoms with Crippen LogP contribution >= 0.6 is 0 Å². The molecule has 2 aliphatic carbocycles. The molecule has 7 aromatic carbocycles. The number of halogens is 2. The van der Waals surface area contributed by atoms with E-state index in [2.05, 4.69) is 46.7 Å². The molecule has 0 aliphatic heterocycles. The summed E-state index contributed by atoms with van der Waals surface area (Å²) < 4.78 is 33.5. The summed E-state index contributed by atoms with van der Waals surface area (Å²) in [5.74, 6) is -4.89. The predicted molar refractivity (Wildman–Crippen MR) is 387 cm³/mol. The third kappa shape index (κ3) is 20.8. The van der Waals surface area contributed by atoms with E-state index in [1.165, 1.54) is 71.4 Å². The molecule has 28 heteroatoms. The summed E-state index contributed by atoms with van der Waals surface area (Å²) in [6.45, 7) is 12.4. The lowest BCUT2D eigenvalue weighted by molar-refractivity contribution is 0.0685. The first kappa shape index (κ1) is 76.3. The van der Waals surface area contributed by atoms with Gasteiger partial charge in [0.2, 0.25) is 0 Å². The molecule has 3 heterocycles. The van der Waals surface area contributed by atoms with E-state index in [1.807, 2.05) is 72.8 Å². The number of rotatable bonds is 26. The predicted octanol–water partition coefficient (Wildman–Crippen LogP) is 8.58. The highest BCUT2D eigenvalue weighted by atomic mass is 19.1. The molecular weight excluding hydrogens is 1320 g/mol. The summed E-state index contributed by atoms with van der Waals surface area (Å²) in [6, 6.07) is 54.0. The molecule has 26 nitrogen and oxygen atoms in total. The normalized spacial score (nSPS) is 12.5. The smallest absolute Gasteiger partial charge is 0.354 e. The first-order valence-electron chi connectivity index (χ1n) is 32.4. The largest absolute Gasteiger partial charge is 0.477 e. The minimum atomic E-state index is -1.25. The van der Waals surface area contributed by atoms with Gasteiger partial charge >= 0.3 is 5.97 Å². The zero-order valence-corrected chi connectivity index (χ0v) is 55.2. The van der Waals surface area contributed by atoms with Crippen molar-refractivity contribution in [2.75, 3.05) is 49.9 Å². The van der Waals surface area contributed by atoms with Gasteiger partial charge in [0.05, 0.1) is 58.7 Å². The van der Waals surface area contributed by atoms with Crippen molar-refractivity contribution in [1.82, 2.24) is 45.3 Å². The molecule has 18 N–H and O–H groups in total. The van der Waals surface area contributed by atoms with Crippen LogP contribution in [0.25, 0.3) is 21.9 Å². The van der Waals surface area contributed by atoms with Crippen molar-refractivity contribution in [1.29, 1.82) is 5.26 Å². The average Bonchev–Trinajstić information content (AvgIpc) is 1.78. The van der Waals surface area contributed by atoms with Gasteiger partial charge in [-0.15, -0.1) is 0 Å². The summed E-state index contributed by atoms with van der Waals surface area (Å²) in [5, 5.41) is 45.6. The number of amides is 5. The van der Waals surface area contributed by atoms with E-state index >= 15 is 0 Å². The van der Waals surface area contributed by atoms with Crippen LogP contribution in [0.2, 0.25) is 0 Å². The molecule has 0 radical (unpaired) electrons. The second-order valence-electron chi connectivity index (χ2n) is 23.7. The van der Waals surface area contributed by atoms with Crippen LogP contribution in [-0.2, 0) is 6.54 Å². The van der Waals surface area contributed by atoms with E-state index in [-0.39, 0.29) is 71.6 Å². The maximum Gasteiger partial charge on any atom is 0.354 e. The second-order valence-corrected chi connectivity index (χ2v) is 23.7. The number of nitriles is 1. The fourth-order valence-electron chi connectivity index (χ4n) is 10.5.